The van der Waals surface area contributed by atoms with Gasteiger partial charge in [0.05, 0.1) is 4.90 Å². The van der Waals surface area contributed by atoms with Gasteiger partial charge in [-0.25, -0.2) is 0 Å². The molecule has 2 rings (SSSR count). The summed E-state index contributed by atoms with van der Waals surface area (Å²) in [5.74, 6) is -0.249. The highest BCUT2D eigenvalue weighted by Crippen LogP contribution is 2.15. The van der Waals surface area contributed by atoms with E-state index in [2.05, 4.69) is 9.71 Å². The molecule has 2 N–H and O–H groups in total. The summed E-state index contributed by atoms with van der Waals surface area (Å²) in [7, 11) is -3.95. The van der Waals surface area contributed by atoms with Gasteiger partial charge in [-0.15, -0.1) is 4.40 Å². The number of carbonyl (C=O) groups is 1. The molecule has 0 radical (unpaired) electrons. The van der Waals surface area contributed by atoms with Crippen molar-refractivity contribution in [3.05, 3.63) is 54.1 Å². The maximum absolute atomic E-state index is 12.1. The van der Waals surface area contributed by atoms with Crippen molar-refractivity contribution in [1.29, 1.82) is 0 Å². The summed E-state index contributed by atoms with van der Waals surface area (Å²) in [6, 6.07) is 10.0. The average molecular weight is 307 g/mol. The molecule has 0 spiro atoms. The minimum atomic E-state index is -3.95. The third-order valence-corrected chi connectivity index (χ3v) is 3.80. The lowest BCUT2D eigenvalue weighted by atomic mass is 10.3. The van der Waals surface area contributed by atoms with E-state index in [9.17, 15) is 18.4 Å². The first kappa shape index (κ1) is 14.8. The van der Waals surface area contributed by atoms with Crippen molar-refractivity contribution < 1.29 is 18.4 Å². The molecule has 0 fully saturated rings. The predicted molar refractivity (Wildman–Crippen MR) is 75.1 cm³/mol. The van der Waals surface area contributed by atoms with Crippen molar-refractivity contribution in [2.75, 3.05) is 5.32 Å². The van der Waals surface area contributed by atoms with Crippen LogP contribution in [0.5, 0.6) is 0 Å². The second kappa shape index (κ2) is 5.80. The Hall–Kier alpha value is -2.61. The number of hydrogen-bond donors (Lipinski definition) is 2. The Labute approximate surface area is 121 Å². The van der Waals surface area contributed by atoms with Crippen LogP contribution in [0.3, 0.4) is 0 Å². The topological polar surface area (TPSA) is 101 Å². The molecule has 0 unspecified atom stereocenters. The van der Waals surface area contributed by atoms with Gasteiger partial charge < -0.3 is 10.5 Å². The summed E-state index contributed by atoms with van der Waals surface area (Å²) >= 11 is 0. The predicted octanol–water partition coefficient (Wildman–Crippen LogP) is 0.973. The van der Waals surface area contributed by atoms with Gasteiger partial charge in [-0.1, -0.05) is 6.07 Å². The molecule has 1 amide bonds. The van der Waals surface area contributed by atoms with Crippen LogP contribution >= 0.6 is 0 Å². The van der Waals surface area contributed by atoms with E-state index in [1.54, 1.807) is 6.07 Å². The largest absolute Gasteiger partial charge is 0.427 e. The second-order valence-corrected chi connectivity index (χ2v) is 5.78. The molecule has 1 heterocycles. The number of benzene rings is 1. The zero-order valence-corrected chi connectivity index (χ0v) is 11.9. The van der Waals surface area contributed by atoms with Crippen LogP contribution in [0, 0.1) is 0 Å². The smallest absolute Gasteiger partial charge is 0.284 e. The van der Waals surface area contributed by atoms with Crippen molar-refractivity contribution in [3.63, 3.8) is 0 Å². The van der Waals surface area contributed by atoms with Gasteiger partial charge in [0, 0.05) is 18.8 Å². The number of anilines is 1. The van der Waals surface area contributed by atoms with E-state index in [0.717, 1.165) is 0 Å². The summed E-state index contributed by atoms with van der Waals surface area (Å²) in [5.41, 5.74) is 0.377. The minimum absolute atomic E-state index is 0.0412. The van der Waals surface area contributed by atoms with Gasteiger partial charge in [0.1, 0.15) is 0 Å². The minimum Gasteiger partial charge on any atom is -0.427 e. The first-order chi connectivity index (χ1) is 9.88. The van der Waals surface area contributed by atoms with Crippen LogP contribution in [0.4, 0.5) is 5.69 Å². The van der Waals surface area contributed by atoms with Gasteiger partial charge >= 0.3 is 0 Å². The monoisotopic (exact) mass is 307 g/mol. The van der Waals surface area contributed by atoms with Gasteiger partial charge in [0.2, 0.25) is 5.91 Å². The van der Waals surface area contributed by atoms with Crippen molar-refractivity contribution in [2.45, 2.75) is 11.8 Å². The third kappa shape index (κ3) is 3.69. The molecule has 0 saturated heterocycles. The summed E-state index contributed by atoms with van der Waals surface area (Å²) < 4.78 is 28.4. The molecule has 0 aliphatic carbocycles. The third-order valence-electron chi connectivity index (χ3n) is 2.50. The van der Waals surface area contributed by atoms with Gasteiger partial charge in [0.15, 0.2) is 5.49 Å². The Morgan fingerprint density at radius 2 is 1.86 bits per heavy atom. The summed E-state index contributed by atoms with van der Waals surface area (Å²) in [6.45, 7) is 1.36. The highest BCUT2D eigenvalue weighted by molar-refractivity contribution is 7.90. The Kier molecular flexibility index (Phi) is 4.08. The molecule has 0 bridgehead atoms. The van der Waals surface area contributed by atoms with Crippen LogP contribution in [-0.2, 0) is 14.8 Å². The van der Waals surface area contributed by atoms with Crippen LogP contribution in [0.1, 0.15) is 6.92 Å². The fraction of sp³-hybridized carbons (Fsp3) is 0.0769. The van der Waals surface area contributed by atoms with E-state index in [1.807, 2.05) is 0 Å². The highest BCUT2D eigenvalue weighted by atomic mass is 32.2. The number of pyridine rings is 1. The average Bonchev–Trinajstić information content (AvgIpc) is 2.41. The van der Waals surface area contributed by atoms with Gasteiger partial charge in [0.25, 0.3) is 10.0 Å². The molecule has 1 aromatic carbocycles. The molecule has 0 aliphatic rings. The lowest BCUT2D eigenvalue weighted by molar-refractivity contribution is -0.114. The van der Waals surface area contributed by atoms with E-state index >= 15 is 0 Å². The molecule has 0 atom stereocenters. The van der Waals surface area contributed by atoms with Gasteiger partial charge in [-0.2, -0.15) is 13.1 Å². The molecule has 1 aromatic heterocycles. The zero-order valence-electron chi connectivity index (χ0n) is 11.1. The first-order valence-corrected chi connectivity index (χ1v) is 7.38. The van der Waals surface area contributed by atoms with Crippen LogP contribution in [0.25, 0.3) is 0 Å². The Bertz CT molecular complexity index is 823. The quantitative estimate of drug-likeness (QED) is 0.825. The van der Waals surface area contributed by atoms with Crippen molar-refractivity contribution in [3.8, 4) is 0 Å². The molecule has 8 heteroatoms. The number of hydrogen-bond acceptors (Lipinski definition) is 4. The normalized spacial score (nSPS) is 12.1. The van der Waals surface area contributed by atoms with Crippen LogP contribution < -0.4 is 10.8 Å². The zero-order chi connectivity index (χ0) is 15.5. The lowest BCUT2D eigenvalue weighted by Gasteiger charge is -2.03. The number of aromatic nitrogens is 1. The molecule has 7 nitrogen and oxygen atoms in total. The number of carbonyl (C=O) groups excluding carboxylic acids is 1. The number of sulfonamides is 1. The summed E-state index contributed by atoms with van der Waals surface area (Å²) in [6.07, 6.45) is 1.27. The fourth-order valence-electron chi connectivity index (χ4n) is 1.59. The van der Waals surface area contributed by atoms with Gasteiger partial charge in [-0.3, -0.25) is 4.79 Å². The Morgan fingerprint density at radius 1 is 1.19 bits per heavy atom. The van der Waals surface area contributed by atoms with E-state index in [0.29, 0.717) is 10.4 Å². The van der Waals surface area contributed by atoms with Crippen molar-refractivity contribution >= 4 is 21.6 Å². The van der Waals surface area contributed by atoms with Crippen molar-refractivity contribution in [2.24, 2.45) is 4.40 Å². The Balaban J connectivity index is 2.39. The lowest BCUT2D eigenvalue weighted by Crippen LogP contribution is -2.19. The second-order valence-electron chi connectivity index (χ2n) is 4.18. The van der Waals surface area contributed by atoms with Crippen LogP contribution in [0.15, 0.2) is 58.0 Å². The molecule has 21 heavy (non-hydrogen) atoms. The fourth-order valence-corrected chi connectivity index (χ4v) is 2.56. The van der Waals surface area contributed by atoms with E-state index < -0.39 is 10.0 Å². The molecule has 0 aliphatic heterocycles. The van der Waals surface area contributed by atoms with E-state index in [4.69, 9.17) is 0 Å². The van der Waals surface area contributed by atoms with E-state index in [-0.39, 0.29) is 16.3 Å². The Morgan fingerprint density at radius 3 is 2.43 bits per heavy atom. The standard InChI is InChI=1S/C13H13N3O4S/c1-10(17)14-11-5-7-12(8-6-11)21(19,20)15-13-4-2-3-9-16(13)18/h2-9,18H,1H3,(H,14,17)/b15-13+. The van der Waals surface area contributed by atoms with Crippen LogP contribution in [-0.4, -0.2) is 24.3 Å². The number of rotatable bonds is 3. The van der Waals surface area contributed by atoms with Crippen LogP contribution in [0.2, 0.25) is 0 Å². The molecule has 0 saturated carbocycles. The first-order valence-electron chi connectivity index (χ1n) is 5.94. The highest BCUT2D eigenvalue weighted by Gasteiger charge is 2.12. The number of nitrogens with one attached hydrogen (secondary N) is 1. The maximum atomic E-state index is 12.1. The van der Waals surface area contributed by atoms with Gasteiger partial charge in [-0.05, 0) is 36.4 Å². The summed E-state index contributed by atoms with van der Waals surface area (Å²) in [4.78, 5) is 10.9. The SMILES string of the molecule is CC(=O)Nc1ccc(S(=O)(=O)/N=c2\ccccn2O)cc1. The molecule has 2 aromatic rings. The number of nitrogens with zero attached hydrogens (tertiary/aromatic N) is 2. The maximum Gasteiger partial charge on any atom is 0.284 e. The summed E-state index contributed by atoms with van der Waals surface area (Å²) in [5, 5.41) is 12.0. The molecular weight excluding hydrogens is 294 g/mol. The molecular formula is C13H13N3O4S. The molecule has 110 valence electrons. The van der Waals surface area contributed by atoms with Crippen molar-refractivity contribution in [1.82, 2.24) is 4.73 Å². The van der Waals surface area contributed by atoms with E-state index in [1.165, 1.54) is 49.5 Å². The number of amides is 1.